The number of halogens is 4. The lowest BCUT2D eigenvalue weighted by Crippen LogP contribution is -2.38. The predicted octanol–water partition coefficient (Wildman–Crippen LogP) is 3.45. The third-order valence-corrected chi connectivity index (χ3v) is 3.56. The summed E-state index contributed by atoms with van der Waals surface area (Å²) in [4.78, 5) is 16.0. The van der Waals surface area contributed by atoms with Crippen molar-refractivity contribution in [3.8, 4) is 0 Å². The SMILES string of the molecule is CCC(C)NC(=O)c1cccc(CNC(=NC)NCCC(F)(F)F)c1.I. The Morgan fingerprint density at radius 2 is 1.96 bits per heavy atom. The Balaban J connectivity index is 0.00000625. The van der Waals surface area contributed by atoms with Gasteiger partial charge in [-0.15, -0.1) is 24.0 Å². The standard InChI is InChI=1S/C17H25F3N4O.HI/c1-4-12(2)24-15(25)14-7-5-6-13(10-14)11-23-16(21-3)22-9-8-17(18,19)20;/h5-7,10,12H,4,8-9,11H2,1-3H3,(H,24,25)(H2,21,22,23);1H. The summed E-state index contributed by atoms with van der Waals surface area (Å²) < 4.78 is 36.5. The maximum absolute atomic E-state index is 12.2. The zero-order chi connectivity index (χ0) is 18.9. The smallest absolute Gasteiger partial charge is 0.356 e. The minimum absolute atomic E-state index is 0. The number of amides is 1. The fourth-order valence-corrected chi connectivity index (χ4v) is 1.96. The van der Waals surface area contributed by atoms with Gasteiger partial charge in [-0.1, -0.05) is 19.1 Å². The summed E-state index contributed by atoms with van der Waals surface area (Å²) in [5.74, 6) is 0.127. The molecule has 0 saturated carbocycles. The summed E-state index contributed by atoms with van der Waals surface area (Å²) in [7, 11) is 1.49. The molecule has 1 rings (SSSR count). The van der Waals surface area contributed by atoms with E-state index in [2.05, 4.69) is 20.9 Å². The topological polar surface area (TPSA) is 65.5 Å². The van der Waals surface area contributed by atoms with Crippen LogP contribution in [0.25, 0.3) is 0 Å². The number of hydrogen-bond donors (Lipinski definition) is 3. The highest BCUT2D eigenvalue weighted by Crippen LogP contribution is 2.18. The molecule has 0 aliphatic rings. The average Bonchev–Trinajstić information content (AvgIpc) is 2.56. The summed E-state index contributed by atoms with van der Waals surface area (Å²) in [6.07, 6.45) is -4.30. The lowest BCUT2D eigenvalue weighted by Gasteiger charge is -2.14. The Hall–Kier alpha value is -1.52. The number of nitrogens with one attached hydrogen (secondary N) is 3. The molecule has 9 heteroatoms. The maximum atomic E-state index is 12.2. The second-order valence-corrected chi connectivity index (χ2v) is 5.70. The number of guanidine groups is 1. The molecule has 1 aromatic rings. The van der Waals surface area contributed by atoms with E-state index in [0.717, 1.165) is 12.0 Å². The molecule has 1 amide bonds. The number of alkyl halides is 3. The molecule has 5 nitrogen and oxygen atoms in total. The molecule has 0 saturated heterocycles. The van der Waals surface area contributed by atoms with Gasteiger partial charge in [0.15, 0.2) is 5.96 Å². The number of rotatable bonds is 7. The number of aliphatic imine (C=N–C) groups is 1. The largest absolute Gasteiger partial charge is 0.390 e. The molecule has 0 bridgehead atoms. The molecular weight excluding hydrogens is 460 g/mol. The minimum Gasteiger partial charge on any atom is -0.356 e. The van der Waals surface area contributed by atoms with Gasteiger partial charge in [-0.05, 0) is 31.0 Å². The number of hydrogen-bond acceptors (Lipinski definition) is 2. The Morgan fingerprint density at radius 1 is 1.27 bits per heavy atom. The Labute approximate surface area is 169 Å². The summed E-state index contributed by atoms with van der Waals surface area (Å²) in [6, 6.07) is 7.15. The zero-order valence-corrected chi connectivity index (χ0v) is 17.4. The van der Waals surface area contributed by atoms with Crippen LogP contribution >= 0.6 is 24.0 Å². The first-order valence-electron chi connectivity index (χ1n) is 8.16. The normalized spacial score (nSPS) is 12.8. The molecule has 0 radical (unpaired) electrons. The van der Waals surface area contributed by atoms with Crippen LogP contribution < -0.4 is 16.0 Å². The van der Waals surface area contributed by atoms with E-state index < -0.39 is 12.6 Å². The van der Waals surface area contributed by atoms with Crippen LogP contribution in [0.1, 0.15) is 42.6 Å². The van der Waals surface area contributed by atoms with Crippen LogP contribution in [0.15, 0.2) is 29.3 Å². The van der Waals surface area contributed by atoms with Gasteiger partial charge in [0, 0.05) is 31.7 Å². The van der Waals surface area contributed by atoms with Crippen molar-refractivity contribution in [2.45, 2.75) is 45.5 Å². The molecule has 0 aliphatic heterocycles. The van der Waals surface area contributed by atoms with E-state index in [1.165, 1.54) is 7.05 Å². The first-order chi connectivity index (χ1) is 11.7. The molecule has 3 N–H and O–H groups in total. The van der Waals surface area contributed by atoms with Crippen molar-refractivity contribution < 1.29 is 18.0 Å². The number of carbonyl (C=O) groups is 1. The van der Waals surface area contributed by atoms with Crippen molar-refractivity contribution in [2.24, 2.45) is 4.99 Å². The van der Waals surface area contributed by atoms with Gasteiger partial charge in [-0.2, -0.15) is 13.2 Å². The van der Waals surface area contributed by atoms with Gasteiger partial charge < -0.3 is 16.0 Å². The van der Waals surface area contributed by atoms with E-state index in [-0.39, 0.29) is 48.4 Å². The second kappa shape index (κ2) is 12.0. The van der Waals surface area contributed by atoms with Crippen LogP contribution in [0, 0.1) is 0 Å². The molecule has 0 fully saturated rings. The van der Waals surface area contributed by atoms with Crippen LogP contribution in [-0.4, -0.2) is 37.7 Å². The Kier molecular flexibility index (Phi) is 11.3. The van der Waals surface area contributed by atoms with Crippen molar-refractivity contribution in [1.29, 1.82) is 0 Å². The highest BCUT2D eigenvalue weighted by Gasteiger charge is 2.26. The fraction of sp³-hybridized carbons (Fsp3) is 0.529. The molecule has 0 aliphatic carbocycles. The third kappa shape index (κ3) is 9.83. The lowest BCUT2D eigenvalue weighted by atomic mass is 10.1. The second-order valence-electron chi connectivity index (χ2n) is 5.70. The molecule has 1 aromatic carbocycles. The molecule has 1 unspecified atom stereocenters. The molecule has 26 heavy (non-hydrogen) atoms. The highest BCUT2D eigenvalue weighted by atomic mass is 127. The maximum Gasteiger partial charge on any atom is 0.390 e. The van der Waals surface area contributed by atoms with E-state index in [0.29, 0.717) is 12.1 Å². The monoisotopic (exact) mass is 486 g/mol. The summed E-state index contributed by atoms with van der Waals surface area (Å²) in [6.45, 7) is 4.01. The first kappa shape index (κ1) is 24.5. The fourth-order valence-electron chi connectivity index (χ4n) is 1.96. The molecule has 1 atom stereocenters. The Morgan fingerprint density at radius 3 is 2.54 bits per heavy atom. The van der Waals surface area contributed by atoms with Crippen LogP contribution in [0.4, 0.5) is 13.2 Å². The quantitative estimate of drug-likeness (QED) is 0.315. The van der Waals surface area contributed by atoms with Gasteiger partial charge in [0.05, 0.1) is 6.42 Å². The average molecular weight is 486 g/mol. The summed E-state index contributed by atoms with van der Waals surface area (Å²) in [5, 5.41) is 8.43. The van der Waals surface area contributed by atoms with E-state index >= 15 is 0 Å². The van der Waals surface area contributed by atoms with Crippen LogP contribution in [0.3, 0.4) is 0 Å². The van der Waals surface area contributed by atoms with Crippen molar-refractivity contribution >= 4 is 35.8 Å². The summed E-state index contributed by atoms with van der Waals surface area (Å²) >= 11 is 0. The van der Waals surface area contributed by atoms with Crippen LogP contribution in [0.2, 0.25) is 0 Å². The van der Waals surface area contributed by atoms with Crippen molar-refractivity contribution in [2.75, 3.05) is 13.6 Å². The van der Waals surface area contributed by atoms with E-state index in [1.54, 1.807) is 18.2 Å². The zero-order valence-electron chi connectivity index (χ0n) is 15.1. The lowest BCUT2D eigenvalue weighted by molar-refractivity contribution is -0.132. The van der Waals surface area contributed by atoms with Crippen LogP contribution in [-0.2, 0) is 6.54 Å². The van der Waals surface area contributed by atoms with E-state index in [4.69, 9.17) is 0 Å². The molecule has 0 spiro atoms. The minimum atomic E-state index is -4.21. The number of benzene rings is 1. The third-order valence-electron chi connectivity index (χ3n) is 3.56. The van der Waals surface area contributed by atoms with E-state index in [9.17, 15) is 18.0 Å². The number of carbonyl (C=O) groups excluding carboxylic acids is 1. The number of nitrogens with zero attached hydrogens (tertiary/aromatic N) is 1. The van der Waals surface area contributed by atoms with Crippen molar-refractivity contribution in [1.82, 2.24) is 16.0 Å². The van der Waals surface area contributed by atoms with E-state index in [1.807, 2.05) is 19.9 Å². The van der Waals surface area contributed by atoms with Gasteiger partial charge in [-0.3, -0.25) is 9.79 Å². The van der Waals surface area contributed by atoms with Gasteiger partial charge in [0.1, 0.15) is 0 Å². The van der Waals surface area contributed by atoms with Gasteiger partial charge in [0.25, 0.3) is 5.91 Å². The van der Waals surface area contributed by atoms with Gasteiger partial charge in [0.2, 0.25) is 0 Å². The molecule has 148 valence electrons. The van der Waals surface area contributed by atoms with Crippen molar-refractivity contribution in [3.05, 3.63) is 35.4 Å². The van der Waals surface area contributed by atoms with Gasteiger partial charge in [-0.25, -0.2) is 0 Å². The molecule has 0 heterocycles. The molecule has 0 aromatic heterocycles. The van der Waals surface area contributed by atoms with Crippen LogP contribution in [0.5, 0.6) is 0 Å². The highest BCUT2D eigenvalue weighted by molar-refractivity contribution is 14.0. The summed E-state index contributed by atoms with van der Waals surface area (Å²) in [5.41, 5.74) is 1.37. The van der Waals surface area contributed by atoms with Gasteiger partial charge >= 0.3 is 6.18 Å². The first-order valence-corrected chi connectivity index (χ1v) is 8.16. The molecular formula is C17H26F3IN4O. The Bertz CT molecular complexity index is 594. The predicted molar refractivity (Wildman–Crippen MR) is 108 cm³/mol. The van der Waals surface area contributed by atoms with Crippen molar-refractivity contribution in [3.63, 3.8) is 0 Å².